The average molecular weight is 289 g/mol. The number of halogens is 2. The predicted molar refractivity (Wildman–Crippen MR) is 72.1 cm³/mol. The van der Waals surface area contributed by atoms with Crippen molar-refractivity contribution in [1.29, 1.82) is 0 Å². The maximum absolute atomic E-state index is 11.7. The van der Waals surface area contributed by atoms with Crippen LogP contribution in [0.4, 0.5) is 0 Å². The molecule has 4 nitrogen and oxygen atoms in total. The zero-order valence-electron chi connectivity index (χ0n) is 9.71. The van der Waals surface area contributed by atoms with Crippen LogP contribution in [0.15, 0.2) is 24.3 Å². The standard InChI is InChI=1S/C12H14Cl2N2O2/c13-6-5-11(17)15-7-8-16-12(18)9-3-1-2-4-10(9)14/h1-4H,5-8H2,(H,15,17)(H,16,18). The molecule has 6 heteroatoms. The quantitative estimate of drug-likeness (QED) is 0.620. The Morgan fingerprint density at radius 1 is 1.11 bits per heavy atom. The normalized spacial score (nSPS) is 9.89. The van der Waals surface area contributed by atoms with Gasteiger partial charge < -0.3 is 10.6 Å². The summed E-state index contributed by atoms with van der Waals surface area (Å²) in [6.45, 7) is 0.712. The Hall–Kier alpha value is -1.26. The number of rotatable bonds is 6. The van der Waals surface area contributed by atoms with Crippen molar-refractivity contribution in [2.24, 2.45) is 0 Å². The minimum absolute atomic E-state index is 0.128. The number of nitrogens with one attached hydrogen (secondary N) is 2. The lowest BCUT2D eigenvalue weighted by atomic mass is 10.2. The third kappa shape index (κ3) is 4.94. The lowest BCUT2D eigenvalue weighted by molar-refractivity contribution is -0.120. The van der Waals surface area contributed by atoms with Crippen LogP contribution in [0, 0.1) is 0 Å². The van der Waals surface area contributed by atoms with Gasteiger partial charge >= 0.3 is 0 Å². The molecule has 0 unspecified atom stereocenters. The second kappa shape index (κ2) is 7.95. The SMILES string of the molecule is O=C(CCCl)NCCNC(=O)c1ccccc1Cl. The summed E-state index contributed by atoms with van der Waals surface area (Å²) >= 11 is 11.3. The van der Waals surface area contributed by atoms with Gasteiger partial charge in [0.15, 0.2) is 0 Å². The van der Waals surface area contributed by atoms with E-state index in [4.69, 9.17) is 23.2 Å². The van der Waals surface area contributed by atoms with Crippen LogP contribution in [0.25, 0.3) is 0 Å². The van der Waals surface area contributed by atoms with Crippen molar-refractivity contribution < 1.29 is 9.59 Å². The molecule has 1 aromatic rings. The molecule has 2 amide bonds. The topological polar surface area (TPSA) is 58.2 Å². The van der Waals surface area contributed by atoms with E-state index in [1.807, 2.05) is 0 Å². The number of hydrogen-bond donors (Lipinski definition) is 2. The maximum atomic E-state index is 11.7. The smallest absolute Gasteiger partial charge is 0.252 e. The molecule has 0 aliphatic carbocycles. The number of hydrogen-bond acceptors (Lipinski definition) is 2. The first-order valence-electron chi connectivity index (χ1n) is 5.50. The summed E-state index contributed by atoms with van der Waals surface area (Å²) < 4.78 is 0. The summed E-state index contributed by atoms with van der Waals surface area (Å²) in [5, 5.41) is 5.70. The van der Waals surface area contributed by atoms with Crippen LogP contribution >= 0.6 is 23.2 Å². The van der Waals surface area contributed by atoms with Gasteiger partial charge in [0.1, 0.15) is 0 Å². The number of amides is 2. The first-order chi connectivity index (χ1) is 8.65. The molecule has 0 aromatic heterocycles. The Morgan fingerprint density at radius 3 is 2.44 bits per heavy atom. The second-order valence-corrected chi connectivity index (χ2v) is 4.31. The summed E-state index contributed by atoms with van der Waals surface area (Å²) in [4.78, 5) is 22.8. The van der Waals surface area contributed by atoms with Crippen molar-refractivity contribution in [2.75, 3.05) is 19.0 Å². The average Bonchev–Trinajstić information content (AvgIpc) is 2.35. The van der Waals surface area contributed by atoms with Gasteiger partial charge in [0, 0.05) is 25.4 Å². The fraction of sp³-hybridized carbons (Fsp3) is 0.333. The van der Waals surface area contributed by atoms with Crippen LogP contribution in [-0.2, 0) is 4.79 Å². The van der Waals surface area contributed by atoms with Crippen LogP contribution in [0.3, 0.4) is 0 Å². The van der Waals surface area contributed by atoms with Crippen LogP contribution in [0.2, 0.25) is 5.02 Å². The molecule has 1 rings (SSSR count). The fourth-order valence-corrected chi connectivity index (χ4v) is 1.69. The Labute approximate surface area is 116 Å². The van der Waals surface area contributed by atoms with E-state index in [2.05, 4.69) is 10.6 Å². The predicted octanol–water partition coefficient (Wildman–Crippen LogP) is 1.81. The molecule has 0 saturated heterocycles. The van der Waals surface area contributed by atoms with Crippen LogP contribution in [0.5, 0.6) is 0 Å². The van der Waals surface area contributed by atoms with E-state index in [1.165, 1.54) is 0 Å². The van der Waals surface area contributed by atoms with E-state index in [0.717, 1.165) is 0 Å². The molecule has 98 valence electrons. The molecule has 18 heavy (non-hydrogen) atoms. The van der Waals surface area contributed by atoms with E-state index >= 15 is 0 Å². The van der Waals surface area contributed by atoms with Gasteiger partial charge in [-0.3, -0.25) is 9.59 Å². The first kappa shape index (κ1) is 14.8. The largest absolute Gasteiger partial charge is 0.354 e. The van der Waals surface area contributed by atoms with E-state index in [9.17, 15) is 9.59 Å². The lowest BCUT2D eigenvalue weighted by Crippen LogP contribution is -2.34. The number of carbonyl (C=O) groups excluding carboxylic acids is 2. The van der Waals surface area contributed by atoms with Gasteiger partial charge in [-0.15, -0.1) is 11.6 Å². The highest BCUT2D eigenvalue weighted by molar-refractivity contribution is 6.33. The molecule has 0 radical (unpaired) electrons. The third-order valence-corrected chi connectivity index (χ3v) is 2.69. The van der Waals surface area contributed by atoms with Crippen molar-refractivity contribution in [3.8, 4) is 0 Å². The zero-order valence-corrected chi connectivity index (χ0v) is 11.2. The molecule has 0 fully saturated rings. The highest BCUT2D eigenvalue weighted by Crippen LogP contribution is 2.14. The molecule has 0 aliphatic rings. The van der Waals surface area contributed by atoms with Crippen LogP contribution in [0.1, 0.15) is 16.8 Å². The van der Waals surface area contributed by atoms with Gasteiger partial charge in [-0.2, -0.15) is 0 Å². The summed E-state index contributed by atoms with van der Waals surface area (Å²) in [6, 6.07) is 6.79. The Bertz CT molecular complexity index is 424. The molecular formula is C12H14Cl2N2O2. The minimum atomic E-state index is -0.257. The van der Waals surface area contributed by atoms with E-state index in [0.29, 0.717) is 23.7 Å². The number of alkyl halides is 1. The molecule has 1 aromatic carbocycles. The van der Waals surface area contributed by atoms with Gasteiger partial charge in [-0.1, -0.05) is 23.7 Å². The third-order valence-electron chi connectivity index (χ3n) is 2.17. The van der Waals surface area contributed by atoms with E-state index in [-0.39, 0.29) is 24.1 Å². The summed E-state index contributed by atoms with van der Waals surface area (Å²) in [7, 11) is 0. The number of benzene rings is 1. The van der Waals surface area contributed by atoms with Crippen molar-refractivity contribution >= 4 is 35.0 Å². The Balaban J connectivity index is 2.30. The van der Waals surface area contributed by atoms with Gasteiger partial charge in [0.05, 0.1) is 10.6 Å². The molecule has 0 spiro atoms. The van der Waals surface area contributed by atoms with Crippen molar-refractivity contribution in [3.05, 3.63) is 34.9 Å². The highest BCUT2D eigenvalue weighted by atomic mass is 35.5. The highest BCUT2D eigenvalue weighted by Gasteiger charge is 2.08. The summed E-state index contributed by atoms with van der Waals surface area (Å²) in [5.74, 6) is -0.0955. The maximum Gasteiger partial charge on any atom is 0.252 e. The Kier molecular flexibility index (Phi) is 6.54. The first-order valence-corrected chi connectivity index (χ1v) is 6.41. The molecule has 0 bridgehead atoms. The zero-order chi connectivity index (χ0) is 13.4. The van der Waals surface area contributed by atoms with E-state index in [1.54, 1.807) is 24.3 Å². The van der Waals surface area contributed by atoms with Crippen molar-refractivity contribution in [1.82, 2.24) is 10.6 Å². The van der Waals surface area contributed by atoms with Crippen molar-refractivity contribution in [3.63, 3.8) is 0 Å². The molecule has 0 atom stereocenters. The lowest BCUT2D eigenvalue weighted by Gasteiger charge is -2.07. The molecule has 0 aliphatic heterocycles. The van der Waals surface area contributed by atoms with Gasteiger partial charge in [0.2, 0.25) is 5.91 Å². The van der Waals surface area contributed by atoms with Crippen LogP contribution < -0.4 is 10.6 Å². The van der Waals surface area contributed by atoms with Crippen LogP contribution in [-0.4, -0.2) is 30.8 Å². The molecule has 0 saturated carbocycles. The van der Waals surface area contributed by atoms with Gasteiger partial charge in [0.25, 0.3) is 5.91 Å². The van der Waals surface area contributed by atoms with E-state index < -0.39 is 0 Å². The fourth-order valence-electron chi connectivity index (χ4n) is 1.29. The molecule has 0 heterocycles. The minimum Gasteiger partial charge on any atom is -0.354 e. The Morgan fingerprint density at radius 2 is 1.78 bits per heavy atom. The molecule has 2 N–H and O–H groups in total. The van der Waals surface area contributed by atoms with Gasteiger partial charge in [-0.05, 0) is 12.1 Å². The summed E-state index contributed by atoms with van der Waals surface area (Å²) in [5.41, 5.74) is 0.422. The summed E-state index contributed by atoms with van der Waals surface area (Å²) in [6.07, 6.45) is 0.278. The molecular weight excluding hydrogens is 275 g/mol. The second-order valence-electron chi connectivity index (χ2n) is 3.52. The van der Waals surface area contributed by atoms with Gasteiger partial charge in [-0.25, -0.2) is 0 Å². The monoisotopic (exact) mass is 288 g/mol. The van der Waals surface area contributed by atoms with Crippen molar-refractivity contribution in [2.45, 2.75) is 6.42 Å². The number of carbonyl (C=O) groups is 2.